The Morgan fingerprint density at radius 2 is 1.63 bits per heavy atom. The minimum atomic E-state index is 0.435. The Labute approximate surface area is 121 Å². The fraction of sp³-hybridized carbons (Fsp3) is 1.00. The second kappa shape index (κ2) is 8.26. The van der Waals surface area contributed by atoms with E-state index in [-0.39, 0.29) is 0 Å². The topological polar surface area (TPSA) is 29.3 Å². The second-order valence-electron chi connectivity index (χ2n) is 7.52. The highest BCUT2D eigenvalue weighted by Crippen LogP contribution is 2.31. The molecule has 0 spiro atoms. The van der Waals surface area contributed by atoms with E-state index in [0.717, 1.165) is 23.7 Å². The molecule has 1 aliphatic carbocycles. The van der Waals surface area contributed by atoms with Crippen LogP contribution >= 0.6 is 0 Å². The van der Waals surface area contributed by atoms with E-state index in [9.17, 15) is 0 Å². The van der Waals surface area contributed by atoms with Crippen molar-refractivity contribution < 1.29 is 0 Å². The zero-order chi connectivity index (χ0) is 14.4. The van der Waals surface area contributed by atoms with Gasteiger partial charge in [0.15, 0.2) is 0 Å². The van der Waals surface area contributed by atoms with Gasteiger partial charge in [0.05, 0.1) is 0 Å². The fourth-order valence-electron chi connectivity index (χ4n) is 3.55. The molecule has 1 saturated carbocycles. The largest absolute Gasteiger partial charge is 0.327 e. The van der Waals surface area contributed by atoms with E-state index in [1.165, 1.54) is 45.3 Å². The molecular weight excluding hydrogens is 232 g/mol. The van der Waals surface area contributed by atoms with Gasteiger partial charge in [-0.3, -0.25) is 0 Å². The summed E-state index contributed by atoms with van der Waals surface area (Å²) in [5.41, 5.74) is 6.38. The molecule has 19 heavy (non-hydrogen) atoms. The number of hydrogen-bond acceptors (Lipinski definition) is 2. The average Bonchev–Trinajstić information content (AvgIpc) is 2.30. The molecular formula is C17H36N2. The molecule has 3 atom stereocenters. The van der Waals surface area contributed by atoms with Gasteiger partial charge in [0.2, 0.25) is 0 Å². The third-order valence-corrected chi connectivity index (χ3v) is 4.47. The van der Waals surface area contributed by atoms with E-state index < -0.39 is 0 Å². The van der Waals surface area contributed by atoms with Crippen LogP contribution in [0.3, 0.4) is 0 Å². The number of hydrogen-bond donors (Lipinski definition) is 1. The minimum Gasteiger partial charge on any atom is -0.327 e. The zero-order valence-electron chi connectivity index (χ0n) is 13.9. The molecule has 0 radical (unpaired) electrons. The maximum absolute atomic E-state index is 6.38. The van der Waals surface area contributed by atoms with Crippen LogP contribution in [-0.2, 0) is 0 Å². The Morgan fingerprint density at radius 1 is 1.05 bits per heavy atom. The van der Waals surface area contributed by atoms with Crippen LogP contribution in [0, 0.1) is 23.7 Å². The van der Waals surface area contributed by atoms with Crippen LogP contribution in [-0.4, -0.2) is 30.6 Å². The SMILES string of the molecule is CCC1CCC(N)C(CN(CC(C)C)CC(C)C)C1. The molecule has 3 unspecified atom stereocenters. The lowest BCUT2D eigenvalue weighted by Gasteiger charge is -2.38. The van der Waals surface area contributed by atoms with Crippen LogP contribution < -0.4 is 5.73 Å². The van der Waals surface area contributed by atoms with Crippen LogP contribution in [0.15, 0.2) is 0 Å². The van der Waals surface area contributed by atoms with E-state index in [1.807, 2.05) is 0 Å². The molecule has 0 heterocycles. The first kappa shape index (κ1) is 17.0. The summed E-state index contributed by atoms with van der Waals surface area (Å²) in [5.74, 6) is 3.14. The van der Waals surface area contributed by atoms with Crippen molar-refractivity contribution in [2.45, 2.75) is 66.3 Å². The minimum absolute atomic E-state index is 0.435. The standard InChI is InChI=1S/C17H36N2/c1-6-15-7-8-17(18)16(9-15)12-19(10-13(2)3)11-14(4)5/h13-17H,6-12,18H2,1-5H3. The maximum Gasteiger partial charge on any atom is 0.00795 e. The van der Waals surface area contributed by atoms with Gasteiger partial charge in [-0.2, -0.15) is 0 Å². The Morgan fingerprint density at radius 3 is 2.11 bits per heavy atom. The predicted octanol–water partition coefficient (Wildman–Crippen LogP) is 3.75. The molecule has 0 aromatic heterocycles. The van der Waals surface area contributed by atoms with Gasteiger partial charge in [0.25, 0.3) is 0 Å². The number of rotatable bonds is 7. The molecule has 0 bridgehead atoms. The van der Waals surface area contributed by atoms with Gasteiger partial charge < -0.3 is 10.6 Å². The lowest BCUT2D eigenvalue weighted by molar-refractivity contribution is 0.134. The van der Waals surface area contributed by atoms with Gasteiger partial charge in [0, 0.05) is 25.7 Å². The molecule has 1 rings (SSSR count). The molecule has 2 heteroatoms. The van der Waals surface area contributed by atoms with Gasteiger partial charge in [-0.25, -0.2) is 0 Å². The lowest BCUT2D eigenvalue weighted by Crippen LogP contribution is -2.44. The molecule has 1 fully saturated rings. The lowest BCUT2D eigenvalue weighted by atomic mass is 9.77. The van der Waals surface area contributed by atoms with Crippen molar-refractivity contribution in [2.24, 2.45) is 29.4 Å². The first-order valence-electron chi connectivity index (χ1n) is 8.40. The van der Waals surface area contributed by atoms with E-state index in [2.05, 4.69) is 39.5 Å². The van der Waals surface area contributed by atoms with Crippen LogP contribution in [0.2, 0.25) is 0 Å². The van der Waals surface area contributed by atoms with E-state index in [1.54, 1.807) is 0 Å². The average molecular weight is 268 g/mol. The Bertz CT molecular complexity index is 227. The Hall–Kier alpha value is -0.0800. The van der Waals surface area contributed by atoms with E-state index in [0.29, 0.717) is 6.04 Å². The monoisotopic (exact) mass is 268 g/mol. The normalized spacial score (nSPS) is 28.6. The van der Waals surface area contributed by atoms with Crippen LogP contribution in [0.4, 0.5) is 0 Å². The first-order chi connectivity index (χ1) is 8.92. The van der Waals surface area contributed by atoms with Gasteiger partial charge in [-0.1, -0.05) is 41.0 Å². The van der Waals surface area contributed by atoms with Crippen molar-refractivity contribution in [1.82, 2.24) is 4.90 Å². The van der Waals surface area contributed by atoms with Crippen molar-refractivity contribution in [3.63, 3.8) is 0 Å². The Kier molecular flexibility index (Phi) is 7.38. The van der Waals surface area contributed by atoms with E-state index >= 15 is 0 Å². The van der Waals surface area contributed by atoms with Gasteiger partial charge in [0.1, 0.15) is 0 Å². The first-order valence-corrected chi connectivity index (χ1v) is 8.40. The van der Waals surface area contributed by atoms with Crippen molar-refractivity contribution in [2.75, 3.05) is 19.6 Å². The van der Waals surface area contributed by atoms with Gasteiger partial charge in [-0.05, 0) is 42.9 Å². The highest BCUT2D eigenvalue weighted by molar-refractivity contribution is 4.84. The summed E-state index contributed by atoms with van der Waals surface area (Å²) >= 11 is 0. The number of nitrogens with two attached hydrogens (primary N) is 1. The van der Waals surface area contributed by atoms with Crippen LogP contribution in [0.25, 0.3) is 0 Å². The Balaban J connectivity index is 2.54. The molecule has 0 aromatic rings. The molecule has 0 aliphatic heterocycles. The smallest absolute Gasteiger partial charge is 0.00795 e. The zero-order valence-corrected chi connectivity index (χ0v) is 13.9. The van der Waals surface area contributed by atoms with Crippen LogP contribution in [0.5, 0.6) is 0 Å². The fourth-order valence-corrected chi connectivity index (χ4v) is 3.55. The third-order valence-electron chi connectivity index (χ3n) is 4.47. The highest BCUT2D eigenvalue weighted by Gasteiger charge is 2.28. The molecule has 0 amide bonds. The van der Waals surface area contributed by atoms with E-state index in [4.69, 9.17) is 5.73 Å². The van der Waals surface area contributed by atoms with Crippen molar-refractivity contribution >= 4 is 0 Å². The maximum atomic E-state index is 6.38. The summed E-state index contributed by atoms with van der Waals surface area (Å²) in [7, 11) is 0. The molecule has 2 nitrogen and oxygen atoms in total. The van der Waals surface area contributed by atoms with Crippen molar-refractivity contribution in [3.05, 3.63) is 0 Å². The summed E-state index contributed by atoms with van der Waals surface area (Å²) in [6.45, 7) is 15.3. The summed E-state index contributed by atoms with van der Waals surface area (Å²) in [4.78, 5) is 2.66. The predicted molar refractivity (Wildman–Crippen MR) is 85.2 cm³/mol. The van der Waals surface area contributed by atoms with Crippen LogP contribution in [0.1, 0.15) is 60.3 Å². The third kappa shape index (κ3) is 6.27. The number of nitrogens with zero attached hydrogens (tertiary/aromatic N) is 1. The molecule has 0 aromatic carbocycles. The summed E-state index contributed by atoms with van der Waals surface area (Å²) < 4.78 is 0. The second-order valence-corrected chi connectivity index (χ2v) is 7.52. The molecule has 114 valence electrons. The van der Waals surface area contributed by atoms with Crippen molar-refractivity contribution in [3.8, 4) is 0 Å². The summed E-state index contributed by atoms with van der Waals surface area (Å²) in [6.07, 6.45) is 5.27. The molecule has 1 aliphatic rings. The summed E-state index contributed by atoms with van der Waals surface area (Å²) in [5, 5.41) is 0. The summed E-state index contributed by atoms with van der Waals surface area (Å²) in [6, 6.07) is 0.435. The highest BCUT2D eigenvalue weighted by atomic mass is 15.1. The van der Waals surface area contributed by atoms with Crippen molar-refractivity contribution in [1.29, 1.82) is 0 Å². The molecule has 0 saturated heterocycles. The molecule has 2 N–H and O–H groups in total. The van der Waals surface area contributed by atoms with Gasteiger partial charge in [-0.15, -0.1) is 0 Å². The quantitative estimate of drug-likeness (QED) is 0.762. The van der Waals surface area contributed by atoms with Gasteiger partial charge >= 0.3 is 0 Å².